The molecule has 0 aliphatic heterocycles. The largest absolute Gasteiger partial charge is 0.261 e. The highest BCUT2D eigenvalue weighted by atomic mass is 32.2. The molecule has 0 spiro atoms. The molecule has 1 aromatic carbocycles. The summed E-state index contributed by atoms with van der Waals surface area (Å²) >= 11 is 0. The smallest absolute Gasteiger partial charge is 0.238 e. The third-order valence-electron chi connectivity index (χ3n) is 4.24. The van der Waals surface area contributed by atoms with Gasteiger partial charge in [0.15, 0.2) is 0 Å². The average molecular weight is 316 g/mol. The SMILES string of the molecule is CC(C)c1cc(C2CC2c2ccccc2S(N)(=O)=O)ccn1. The monoisotopic (exact) mass is 316 g/mol. The first kappa shape index (κ1) is 15.2. The molecular weight excluding hydrogens is 296 g/mol. The summed E-state index contributed by atoms with van der Waals surface area (Å²) in [5.41, 5.74) is 3.13. The van der Waals surface area contributed by atoms with E-state index in [1.54, 1.807) is 12.1 Å². The van der Waals surface area contributed by atoms with E-state index < -0.39 is 10.0 Å². The predicted molar refractivity (Wildman–Crippen MR) is 86.2 cm³/mol. The molecule has 116 valence electrons. The maximum atomic E-state index is 11.7. The Morgan fingerprint density at radius 1 is 1.18 bits per heavy atom. The summed E-state index contributed by atoms with van der Waals surface area (Å²) in [6.45, 7) is 4.24. The Morgan fingerprint density at radius 3 is 2.59 bits per heavy atom. The van der Waals surface area contributed by atoms with E-state index >= 15 is 0 Å². The Hall–Kier alpha value is -1.72. The fourth-order valence-electron chi connectivity index (χ4n) is 2.96. The minimum atomic E-state index is -3.68. The zero-order chi connectivity index (χ0) is 15.9. The summed E-state index contributed by atoms with van der Waals surface area (Å²) in [6, 6.07) is 11.2. The van der Waals surface area contributed by atoms with Gasteiger partial charge in [-0.3, -0.25) is 4.98 Å². The highest BCUT2D eigenvalue weighted by Crippen LogP contribution is 2.55. The lowest BCUT2D eigenvalue weighted by atomic mass is 10.0. The van der Waals surface area contributed by atoms with Gasteiger partial charge in [-0.15, -0.1) is 0 Å². The summed E-state index contributed by atoms with van der Waals surface area (Å²) in [5, 5.41) is 5.33. The van der Waals surface area contributed by atoms with Gasteiger partial charge in [-0.05, 0) is 53.5 Å². The van der Waals surface area contributed by atoms with Crippen LogP contribution in [0.15, 0.2) is 47.5 Å². The van der Waals surface area contributed by atoms with Crippen LogP contribution in [0, 0.1) is 0 Å². The summed E-state index contributed by atoms with van der Waals surface area (Å²) < 4.78 is 23.5. The van der Waals surface area contributed by atoms with Crippen LogP contribution < -0.4 is 5.14 Å². The molecule has 3 rings (SSSR count). The number of primary sulfonamides is 1. The van der Waals surface area contributed by atoms with E-state index in [0.717, 1.165) is 17.7 Å². The number of pyridine rings is 1. The van der Waals surface area contributed by atoms with Gasteiger partial charge in [-0.25, -0.2) is 13.6 Å². The van der Waals surface area contributed by atoms with Crippen molar-refractivity contribution in [2.45, 2.75) is 42.9 Å². The Labute approximate surface area is 131 Å². The number of benzene rings is 1. The molecule has 1 fully saturated rings. The number of aromatic nitrogens is 1. The standard InChI is InChI=1S/C17H20N2O2S/c1-11(2)16-9-12(7-8-19-16)14-10-15(14)13-5-3-4-6-17(13)22(18,20)21/h3-9,11,14-15H,10H2,1-2H3,(H2,18,20,21). The molecule has 2 aromatic rings. The summed E-state index contributed by atoms with van der Waals surface area (Å²) in [6.07, 6.45) is 2.79. The third kappa shape index (κ3) is 2.91. The minimum absolute atomic E-state index is 0.219. The van der Waals surface area contributed by atoms with Gasteiger partial charge in [0.1, 0.15) is 0 Å². The van der Waals surface area contributed by atoms with E-state index in [9.17, 15) is 8.42 Å². The van der Waals surface area contributed by atoms with Crippen LogP contribution >= 0.6 is 0 Å². The van der Waals surface area contributed by atoms with Crippen molar-refractivity contribution in [3.8, 4) is 0 Å². The van der Waals surface area contributed by atoms with Gasteiger partial charge >= 0.3 is 0 Å². The first-order valence-corrected chi connectivity index (χ1v) is 9.00. The van der Waals surface area contributed by atoms with Crippen molar-refractivity contribution >= 4 is 10.0 Å². The molecular formula is C17H20N2O2S. The molecule has 1 aromatic heterocycles. The third-order valence-corrected chi connectivity index (χ3v) is 5.23. The summed E-state index contributed by atoms with van der Waals surface area (Å²) in [7, 11) is -3.68. The molecule has 2 N–H and O–H groups in total. The fourth-order valence-corrected chi connectivity index (χ4v) is 3.78. The molecule has 0 saturated heterocycles. The van der Waals surface area contributed by atoms with Gasteiger partial charge in [-0.2, -0.15) is 0 Å². The maximum absolute atomic E-state index is 11.7. The second-order valence-corrected chi connectivity index (χ2v) is 7.73. The van der Waals surface area contributed by atoms with E-state index in [1.165, 1.54) is 5.56 Å². The Morgan fingerprint density at radius 2 is 1.91 bits per heavy atom. The number of nitrogens with zero attached hydrogens (tertiary/aromatic N) is 1. The van der Waals surface area contributed by atoms with Crippen molar-refractivity contribution in [3.63, 3.8) is 0 Å². The molecule has 2 atom stereocenters. The van der Waals surface area contributed by atoms with Gasteiger partial charge in [0.25, 0.3) is 0 Å². The molecule has 1 heterocycles. The van der Waals surface area contributed by atoms with Crippen molar-refractivity contribution in [2.24, 2.45) is 5.14 Å². The lowest BCUT2D eigenvalue weighted by molar-refractivity contribution is 0.596. The zero-order valence-electron chi connectivity index (χ0n) is 12.7. The first-order valence-electron chi connectivity index (χ1n) is 7.45. The number of hydrogen-bond donors (Lipinski definition) is 1. The second-order valence-electron chi connectivity index (χ2n) is 6.20. The van der Waals surface area contributed by atoms with Crippen LogP contribution in [0.3, 0.4) is 0 Å². The quantitative estimate of drug-likeness (QED) is 0.942. The Kier molecular flexibility index (Phi) is 3.78. The van der Waals surface area contributed by atoms with E-state index in [4.69, 9.17) is 5.14 Å². The van der Waals surface area contributed by atoms with Crippen LogP contribution in [-0.4, -0.2) is 13.4 Å². The zero-order valence-corrected chi connectivity index (χ0v) is 13.5. The van der Waals surface area contributed by atoms with Crippen LogP contribution in [0.4, 0.5) is 0 Å². The summed E-state index contributed by atoms with van der Waals surface area (Å²) in [5.74, 6) is 0.953. The highest BCUT2D eigenvalue weighted by Gasteiger charge is 2.41. The number of sulfonamides is 1. The van der Waals surface area contributed by atoms with Crippen LogP contribution in [-0.2, 0) is 10.0 Å². The Balaban J connectivity index is 1.91. The minimum Gasteiger partial charge on any atom is -0.261 e. The van der Waals surface area contributed by atoms with Crippen molar-refractivity contribution in [1.29, 1.82) is 0 Å². The van der Waals surface area contributed by atoms with Gasteiger partial charge < -0.3 is 0 Å². The van der Waals surface area contributed by atoms with E-state index in [-0.39, 0.29) is 10.8 Å². The highest BCUT2D eigenvalue weighted by molar-refractivity contribution is 7.89. The molecule has 2 unspecified atom stereocenters. The van der Waals surface area contributed by atoms with Crippen LogP contribution in [0.1, 0.15) is 54.8 Å². The molecule has 1 aliphatic carbocycles. The van der Waals surface area contributed by atoms with Gasteiger partial charge in [0.2, 0.25) is 10.0 Å². The first-order chi connectivity index (χ1) is 10.4. The van der Waals surface area contributed by atoms with Crippen molar-refractivity contribution in [1.82, 2.24) is 4.98 Å². The van der Waals surface area contributed by atoms with E-state index in [1.807, 2.05) is 24.4 Å². The molecule has 0 amide bonds. The van der Waals surface area contributed by atoms with Crippen LogP contribution in [0.25, 0.3) is 0 Å². The Bertz CT molecular complexity index is 800. The van der Waals surface area contributed by atoms with Crippen molar-refractivity contribution < 1.29 is 8.42 Å². The van der Waals surface area contributed by atoms with Crippen LogP contribution in [0.2, 0.25) is 0 Å². The van der Waals surface area contributed by atoms with Crippen molar-refractivity contribution in [2.75, 3.05) is 0 Å². The molecule has 0 bridgehead atoms. The predicted octanol–water partition coefficient (Wildman–Crippen LogP) is 3.12. The number of nitrogens with two attached hydrogens (primary N) is 1. The topological polar surface area (TPSA) is 73.1 Å². The van der Waals surface area contributed by atoms with Crippen molar-refractivity contribution in [3.05, 3.63) is 59.4 Å². The van der Waals surface area contributed by atoms with Gasteiger partial charge in [-0.1, -0.05) is 32.0 Å². The summed E-state index contributed by atoms with van der Waals surface area (Å²) in [4.78, 5) is 4.64. The lowest BCUT2D eigenvalue weighted by Crippen LogP contribution is -2.14. The maximum Gasteiger partial charge on any atom is 0.238 e. The lowest BCUT2D eigenvalue weighted by Gasteiger charge is -2.09. The number of rotatable bonds is 4. The molecule has 1 aliphatic rings. The molecule has 5 heteroatoms. The average Bonchev–Trinajstić information content (AvgIpc) is 3.27. The van der Waals surface area contributed by atoms with E-state index in [0.29, 0.717) is 11.8 Å². The van der Waals surface area contributed by atoms with Crippen LogP contribution in [0.5, 0.6) is 0 Å². The van der Waals surface area contributed by atoms with Gasteiger partial charge in [0.05, 0.1) is 4.90 Å². The molecule has 1 saturated carbocycles. The van der Waals surface area contributed by atoms with E-state index in [2.05, 4.69) is 24.9 Å². The van der Waals surface area contributed by atoms with Gasteiger partial charge in [0, 0.05) is 11.9 Å². The molecule has 0 radical (unpaired) electrons. The molecule has 4 nitrogen and oxygen atoms in total. The molecule has 22 heavy (non-hydrogen) atoms. The normalized spacial score (nSPS) is 21.1. The fraction of sp³-hybridized carbons (Fsp3) is 0.353. The second kappa shape index (κ2) is 5.48. The number of hydrogen-bond acceptors (Lipinski definition) is 3.